The third kappa shape index (κ3) is 4.64. The van der Waals surface area contributed by atoms with E-state index in [9.17, 15) is 14.4 Å². The van der Waals surface area contributed by atoms with Crippen molar-refractivity contribution in [3.05, 3.63) is 69.2 Å². The van der Waals surface area contributed by atoms with Crippen molar-refractivity contribution in [2.45, 2.75) is 20.0 Å². The van der Waals surface area contributed by atoms with Crippen LogP contribution in [0.25, 0.3) is 0 Å². The van der Waals surface area contributed by atoms with Crippen LogP contribution in [0.5, 0.6) is 0 Å². The maximum atomic E-state index is 12.4. The molecule has 0 saturated carbocycles. The second-order valence-corrected chi connectivity index (χ2v) is 7.33. The lowest BCUT2D eigenvalue weighted by Gasteiger charge is -2.18. The highest BCUT2D eigenvalue weighted by Crippen LogP contribution is 2.24. The van der Waals surface area contributed by atoms with Crippen LogP contribution in [-0.4, -0.2) is 29.3 Å². The van der Waals surface area contributed by atoms with Crippen molar-refractivity contribution in [2.24, 2.45) is 5.92 Å². The van der Waals surface area contributed by atoms with Crippen molar-refractivity contribution < 1.29 is 19.1 Å². The number of benzene rings is 2. The highest BCUT2D eigenvalue weighted by molar-refractivity contribution is 6.42. The molecule has 0 aliphatic carbocycles. The maximum Gasteiger partial charge on any atom is 0.311 e. The van der Waals surface area contributed by atoms with E-state index in [1.54, 1.807) is 30.3 Å². The molecular weight excluding hydrogens is 403 g/mol. The zero-order chi connectivity index (χ0) is 20.3. The van der Waals surface area contributed by atoms with Crippen LogP contribution < -0.4 is 5.43 Å². The molecule has 0 bridgehead atoms. The molecule has 1 fully saturated rings. The van der Waals surface area contributed by atoms with E-state index >= 15 is 0 Å². The topological polar surface area (TPSA) is 75.7 Å². The molecule has 1 aliphatic heterocycles. The van der Waals surface area contributed by atoms with Crippen LogP contribution in [-0.2, 0) is 20.9 Å². The lowest BCUT2D eigenvalue weighted by Crippen LogP contribution is -2.43. The van der Waals surface area contributed by atoms with Crippen LogP contribution in [0.15, 0.2) is 42.5 Å². The summed E-state index contributed by atoms with van der Waals surface area (Å²) in [5, 5.41) is 1.95. The van der Waals surface area contributed by atoms with E-state index in [4.69, 9.17) is 27.9 Å². The molecule has 1 saturated heterocycles. The number of ether oxygens (including phenoxy) is 1. The second kappa shape index (κ2) is 8.63. The molecule has 2 aromatic rings. The van der Waals surface area contributed by atoms with Gasteiger partial charge in [0.15, 0.2) is 0 Å². The molecule has 1 heterocycles. The van der Waals surface area contributed by atoms with E-state index in [-0.39, 0.29) is 25.5 Å². The Bertz CT molecular complexity index is 932. The van der Waals surface area contributed by atoms with Gasteiger partial charge in [-0.25, -0.2) is 0 Å². The minimum absolute atomic E-state index is 0.0196. The number of hydrazine groups is 1. The Kier molecular flexibility index (Phi) is 6.21. The standard InChI is InChI=1S/C20H18Cl2N2O4/c1-12-4-2-3-5-15(12)19(26)23-24-10-14(9-18(24)25)20(27)28-11-13-6-7-16(21)17(22)8-13/h2-8,14H,9-11H2,1H3,(H,23,26)/t14-/m1/s1. The van der Waals surface area contributed by atoms with Gasteiger partial charge >= 0.3 is 5.97 Å². The van der Waals surface area contributed by atoms with Crippen LogP contribution in [0.2, 0.25) is 10.0 Å². The van der Waals surface area contributed by atoms with Crippen molar-refractivity contribution in [1.82, 2.24) is 10.4 Å². The first-order valence-corrected chi connectivity index (χ1v) is 9.38. The maximum absolute atomic E-state index is 12.4. The number of aryl methyl sites for hydroxylation is 1. The first-order valence-electron chi connectivity index (χ1n) is 8.62. The Labute approximate surface area is 172 Å². The molecule has 6 nitrogen and oxygen atoms in total. The Hall–Kier alpha value is -2.57. The van der Waals surface area contributed by atoms with Gasteiger partial charge < -0.3 is 4.74 Å². The van der Waals surface area contributed by atoms with Crippen LogP contribution in [0, 0.1) is 12.8 Å². The van der Waals surface area contributed by atoms with Crippen LogP contribution >= 0.6 is 23.2 Å². The minimum atomic E-state index is -0.646. The Morgan fingerprint density at radius 1 is 1.18 bits per heavy atom. The third-order valence-electron chi connectivity index (χ3n) is 4.45. The summed E-state index contributed by atoms with van der Waals surface area (Å²) in [5.41, 5.74) is 4.52. The van der Waals surface area contributed by atoms with Gasteiger partial charge in [-0.1, -0.05) is 47.5 Å². The van der Waals surface area contributed by atoms with Crippen LogP contribution in [0.4, 0.5) is 0 Å². The molecule has 0 unspecified atom stereocenters. The van der Waals surface area contributed by atoms with Gasteiger partial charge in [0.2, 0.25) is 5.91 Å². The summed E-state index contributed by atoms with van der Waals surface area (Å²) in [6.45, 7) is 1.90. The average molecular weight is 421 g/mol. The zero-order valence-corrected chi connectivity index (χ0v) is 16.6. The molecule has 3 rings (SSSR count). The number of nitrogens with zero attached hydrogens (tertiary/aromatic N) is 1. The first kappa shape index (κ1) is 20.2. The van der Waals surface area contributed by atoms with Gasteiger partial charge in [0, 0.05) is 12.0 Å². The number of hydrogen-bond donors (Lipinski definition) is 1. The molecule has 1 aliphatic rings. The number of rotatable bonds is 5. The Balaban J connectivity index is 1.56. The summed E-state index contributed by atoms with van der Waals surface area (Å²) < 4.78 is 5.28. The number of halogens is 2. The fraction of sp³-hybridized carbons (Fsp3) is 0.250. The predicted molar refractivity (Wildman–Crippen MR) is 105 cm³/mol. The van der Waals surface area contributed by atoms with E-state index in [1.165, 1.54) is 5.01 Å². The van der Waals surface area contributed by atoms with Crippen molar-refractivity contribution >= 4 is 41.0 Å². The van der Waals surface area contributed by atoms with E-state index < -0.39 is 17.8 Å². The van der Waals surface area contributed by atoms with E-state index in [0.717, 1.165) is 5.56 Å². The average Bonchev–Trinajstić information content (AvgIpc) is 3.03. The predicted octanol–water partition coefficient (Wildman–Crippen LogP) is 3.54. The lowest BCUT2D eigenvalue weighted by atomic mass is 10.1. The summed E-state index contributed by atoms with van der Waals surface area (Å²) in [4.78, 5) is 36.8. The summed E-state index contributed by atoms with van der Waals surface area (Å²) in [6.07, 6.45) is -0.0196. The third-order valence-corrected chi connectivity index (χ3v) is 5.19. The van der Waals surface area contributed by atoms with Gasteiger partial charge in [-0.3, -0.25) is 24.8 Å². The molecule has 2 aromatic carbocycles. The number of esters is 1. The number of carbonyl (C=O) groups excluding carboxylic acids is 3. The molecule has 1 atom stereocenters. The molecular formula is C20H18Cl2N2O4. The molecule has 1 N–H and O–H groups in total. The first-order chi connectivity index (χ1) is 13.3. The molecule has 8 heteroatoms. The minimum Gasteiger partial charge on any atom is -0.461 e. The van der Waals surface area contributed by atoms with Gasteiger partial charge in [0.1, 0.15) is 6.61 Å². The molecule has 2 amide bonds. The van der Waals surface area contributed by atoms with Gasteiger partial charge in [-0.05, 0) is 36.2 Å². The van der Waals surface area contributed by atoms with E-state index in [1.807, 2.05) is 19.1 Å². The van der Waals surface area contributed by atoms with Crippen LogP contribution in [0.3, 0.4) is 0 Å². The summed E-state index contributed by atoms with van der Waals surface area (Å²) >= 11 is 11.8. The lowest BCUT2D eigenvalue weighted by molar-refractivity contribution is -0.149. The van der Waals surface area contributed by atoms with E-state index in [0.29, 0.717) is 21.2 Å². The van der Waals surface area contributed by atoms with E-state index in [2.05, 4.69) is 5.43 Å². The number of carbonyl (C=O) groups is 3. The summed E-state index contributed by atoms with van der Waals surface area (Å²) in [6, 6.07) is 12.0. The molecule has 0 aromatic heterocycles. The summed E-state index contributed by atoms with van der Waals surface area (Å²) in [5.74, 6) is -1.88. The molecule has 28 heavy (non-hydrogen) atoms. The number of nitrogens with one attached hydrogen (secondary N) is 1. The largest absolute Gasteiger partial charge is 0.461 e. The van der Waals surface area contributed by atoms with Crippen molar-refractivity contribution in [3.8, 4) is 0 Å². The van der Waals surface area contributed by atoms with Gasteiger partial charge in [-0.2, -0.15) is 0 Å². The van der Waals surface area contributed by atoms with Crippen molar-refractivity contribution in [2.75, 3.05) is 6.54 Å². The fourth-order valence-corrected chi connectivity index (χ4v) is 3.21. The number of amides is 2. The zero-order valence-electron chi connectivity index (χ0n) is 15.1. The smallest absolute Gasteiger partial charge is 0.311 e. The Morgan fingerprint density at radius 3 is 2.64 bits per heavy atom. The van der Waals surface area contributed by atoms with Gasteiger partial charge in [-0.15, -0.1) is 0 Å². The van der Waals surface area contributed by atoms with Crippen LogP contribution in [0.1, 0.15) is 27.9 Å². The van der Waals surface area contributed by atoms with Gasteiger partial charge in [0.25, 0.3) is 5.91 Å². The molecule has 146 valence electrons. The van der Waals surface area contributed by atoms with Gasteiger partial charge in [0.05, 0.1) is 22.5 Å². The quantitative estimate of drug-likeness (QED) is 0.750. The normalized spacial score (nSPS) is 16.2. The van der Waals surface area contributed by atoms with Crippen molar-refractivity contribution in [1.29, 1.82) is 0 Å². The SMILES string of the molecule is Cc1ccccc1C(=O)NN1C[C@H](C(=O)OCc2ccc(Cl)c(Cl)c2)CC1=O. The molecule has 0 radical (unpaired) electrons. The monoisotopic (exact) mass is 420 g/mol. The highest BCUT2D eigenvalue weighted by Gasteiger charge is 2.36. The summed E-state index contributed by atoms with van der Waals surface area (Å²) in [7, 11) is 0. The second-order valence-electron chi connectivity index (χ2n) is 6.52. The Morgan fingerprint density at radius 2 is 1.93 bits per heavy atom. The fourth-order valence-electron chi connectivity index (χ4n) is 2.89. The van der Waals surface area contributed by atoms with Crippen molar-refractivity contribution in [3.63, 3.8) is 0 Å². The number of hydrogen-bond acceptors (Lipinski definition) is 4. The highest BCUT2D eigenvalue weighted by atomic mass is 35.5. The molecule has 0 spiro atoms.